The van der Waals surface area contributed by atoms with E-state index in [1.807, 2.05) is 25.2 Å². The number of nitrogens with one attached hydrogen (secondary N) is 2. The largest absolute Gasteiger partial charge is 0.355 e. The van der Waals surface area contributed by atoms with Gasteiger partial charge >= 0.3 is 0 Å². The average Bonchev–Trinajstić information content (AvgIpc) is 2.62. The Morgan fingerprint density at radius 3 is 2.37 bits per heavy atom. The standard InChI is InChI=1S/C19H24BrN3O3S/c1-23(15-16-5-3-2-4-6-16)14-13-21-19(24)11-12-22-27(25,26)18-9-7-17(20)8-10-18/h2-10,22H,11-15H2,1H3,(H,21,24). The van der Waals surface area contributed by atoms with E-state index in [0.29, 0.717) is 13.1 Å². The van der Waals surface area contributed by atoms with Crippen LogP contribution in [-0.4, -0.2) is 45.9 Å². The van der Waals surface area contributed by atoms with Crippen molar-refractivity contribution in [2.24, 2.45) is 0 Å². The Morgan fingerprint density at radius 2 is 1.70 bits per heavy atom. The average molecular weight is 454 g/mol. The second-order valence-corrected chi connectivity index (χ2v) is 8.86. The molecule has 0 bridgehead atoms. The Morgan fingerprint density at radius 1 is 1.04 bits per heavy atom. The molecule has 146 valence electrons. The minimum atomic E-state index is -3.60. The summed E-state index contributed by atoms with van der Waals surface area (Å²) < 4.78 is 27.5. The van der Waals surface area contributed by atoms with Crippen molar-refractivity contribution in [2.75, 3.05) is 26.7 Å². The molecule has 0 fully saturated rings. The van der Waals surface area contributed by atoms with Gasteiger partial charge in [-0.15, -0.1) is 0 Å². The summed E-state index contributed by atoms with van der Waals surface area (Å²) in [6.07, 6.45) is 0.0954. The second kappa shape index (κ2) is 10.6. The number of benzene rings is 2. The number of hydrogen-bond acceptors (Lipinski definition) is 4. The molecule has 0 aromatic heterocycles. The molecule has 0 aliphatic heterocycles. The van der Waals surface area contributed by atoms with Crippen molar-refractivity contribution in [2.45, 2.75) is 17.9 Å². The lowest BCUT2D eigenvalue weighted by Crippen LogP contribution is -2.35. The van der Waals surface area contributed by atoms with Crippen LogP contribution in [0, 0.1) is 0 Å². The SMILES string of the molecule is CN(CCNC(=O)CCNS(=O)(=O)c1ccc(Br)cc1)Cc1ccccc1. The predicted molar refractivity (Wildman–Crippen MR) is 110 cm³/mol. The quantitative estimate of drug-likeness (QED) is 0.578. The maximum Gasteiger partial charge on any atom is 0.240 e. The molecule has 27 heavy (non-hydrogen) atoms. The predicted octanol–water partition coefficient (Wildman–Crippen LogP) is 2.37. The third kappa shape index (κ3) is 7.80. The summed E-state index contributed by atoms with van der Waals surface area (Å²) >= 11 is 3.26. The maximum absolute atomic E-state index is 12.1. The van der Waals surface area contributed by atoms with Gasteiger partial charge in [-0.05, 0) is 36.9 Å². The van der Waals surface area contributed by atoms with Crippen molar-refractivity contribution in [3.8, 4) is 0 Å². The Bertz CT molecular complexity index is 827. The molecule has 0 saturated carbocycles. The van der Waals surface area contributed by atoms with E-state index in [0.717, 1.165) is 11.0 Å². The van der Waals surface area contributed by atoms with Crippen LogP contribution < -0.4 is 10.0 Å². The number of carbonyl (C=O) groups is 1. The highest BCUT2D eigenvalue weighted by Gasteiger charge is 2.13. The van der Waals surface area contributed by atoms with Crippen LogP contribution in [0.2, 0.25) is 0 Å². The molecule has 0 atom stereocenters. The first-order valence-electron chi connectivity index (χ1n) is 8.61. The van der Waals surface area contributed by atoms with Crippen LogP contribution in [0.4, 0.5) is 0 Å². The van der Waals surface area contributed by atoms with E-state index in [1.165, 1.54) is 17.7 Å². The smallest absolute Gasteiger partial charge is 0.240 e. The fourth-order valence-corrected chi connectivity index (χ4v) is 3.74. The zero-order valence-corrected chi connectivity index (χ0v) is 17.6. The normalized spacial score (nSPS) is 11.5. The third-order valence-electron chi connectivity index (χ3n) is 3.88. The summed E-state index contributed by atoms with van der Waals surface area (Å²) in [7, 11) is -1.61. The molecule has 0 radical (unpaired) electrons. The van der Waals surface area contributed by atoms with E-state index in [1.54, 1.807) is 12.1 Å². The molecule has 8 heteroatoms. The molecule has 2 aromatic rings. The molecular formula is C19H24BrN3O3S. The van der Waals surface area contributed by atoms with Crippen LogP contribution in [0.5, 0.6) is 0 Å². The molecule has 0 aliphatic rings. The van der Waals surface area contributed by atoms with E-state index in [2.05, 4.69) is 43.0 Å². The van der Waals surface area contributed by atoms with E-state index in [9.17, 15) is 13.2 Å². The van der Waals surface area contributed by atoms with Gasteiger partial charge in [-0.1, -0.05) is 46.3 Å². The molecule has 0 aliphatic carbocycles. The Kier molecular flexibility index (Phi) is 8.43. The fraction of sp³-hybridized carbons (Fsp3) is 0.316. The summed E-state index contributed by atoms with van der Waals surface area (Å²) in [6, 6.07) is 16.4. The van der Waals surface area contributed by atoms with Crippen LogP contribution in [-0.2, 0) is 21.4 Å². The van der Waals surface area contributed by atoms with Gasteiger partial charge in [-0.3, -0.25) is 4.79 Å². The molecule has 0 saturated heterocycles. The van der Waals surface area contributed by atoms with Gasteiger partial charge in [0.1, 0.15) is 0 Å². The highest BCUT2D eigenvalue weighted by molar-refractivity contribution is 9.10. The number of carbonyl (C=O) groups excluding carboxylic acids is 1. The lowest BCUT2D eigenvalue weighted by molar-refractivity contribution is -0.120. The molecule has 0 heterocycles. The maximum atomic E-state index is 12.1. The molecule has 2 rings (SSSR count). The Balaban J connectivity index is 1.65. The van der Waals surface area contributed by atoms with E-state index >= 15 is 0 Å². The van der Waals surface area contributed by atoms with Gasteiger partial charge in [0.25, 0.3) is 0 Å². The van der Waals surface area contributed by atoms with Gasteiger partial charge in [0.05, 0.1) is 4.90 Å². The minimum Gasteiger partial charge on any atom is -0.355 e. The molecule has 1 amide bonds. The van der Waals surface area contributed by atoms with Crippen molar-refractivity contribution in [3.63, 3.8) is 0 Å². The first kappa shape index (κ1) is 21.6. The van der Waals surface area contributed by atoms with Gasteiger partial charge in [0.15, 0.2) is 0 Å². The van der Waals surface area contributed by atoms with Crippen molar-refractivity contribution in [1.29, 1.82) is 0 Å². The van der Waals surface area contributed by atoms with Crippen LogP contribution in [0.3, 0.4) is 0 Å². The second-order valence-electron chi connectivity index (χ2n) is 6.18. The van der Waals surface area contributed by atoms with Crippen LogP contribution in [0.1, 0.15) is 12.0 Å². The first-order valence-corrected chi connectivity index (χ1v) is 10.9. The van der Waals surface area contributed by atoms with Gasteiger partial charge < -0.3 is 10.2 Å². The molecule has 2 aromatic carbocycles. The zero-order chi connectivity index (χ0) is 19.7. The lowest BCUT2D eigenvalue weighted by atomic mass is 10.2. The van der Waals surface area contributed by atoms with Crippen LogP contribution in [0.15, 0.2) is 64.0 Å². The molecular weight excluding hydrogens is 430 g/mol. The number of halogens is 1. The highest BCUT2D eigenvalue weighted by atomic mass is 79.9. The molecule has 0 spiro atoms. The topological polar surface area (TPSA) is 78.5 Å². The third-order valence-corrected chi connectivity index (χ3v) is 5.88. The van der Waals surface area contributed by atoms with Gasteiger partial charge in [0, 0.05) is 37.1 Å². The molecule has 0 unspecified atom stereocenters. The van der Waals surface area contributed by atoms with Crippen molar-refractivity contribution in [3.05, 3.63) is 64.6 Å². The summed E-state index contributed by atoms with van der Waals surface area (Å²) in [6.45, 7) is 2.10. The van der Waals surface area contributed by atoms with Crippen LogP contribution >= 0.6 is 15.9 Å². The number of sulfonamides is 1. The van der Waals surface area contributed by atoms with Crippen molar-refractivity contribution in [1.82, 2.24) is 14.9 Å². The van der Waals surface area contributed by atoms with Gasteiger partial charge in [-0.2, -0.15) is 0 Å². The number of rotatable bonds is 10. The highest BCUT2D eigenvalue weighted by Crippen LogP contribution is 2.14. The van der Waals surface area contributed by atoms with E-state index < -0.39 is 10.0 Å². The summed E-state index contributed by atoms with van der Waals surface area (Å²) in [5, 5.41) is 2.81. The molecule has 2 N–H and O–H groups in total. The van der Waals surface area contributed by atoms with Crippen molar-refractivity contribution >= 4 is 31.9 Å². The Labute approximate surface area is 169 Å². The fourth-order valence-electron chi connectivity index (χ4n) is 2.44. The summed E-state index contributed by atoms with van der Waals surface area (Å²) in [4.78, 5) is 14.2. The number of nitrogens with zero attached hydrogens (tertiary/aromatic N) is 1. The number of likely N-dealkylation sites (N-methyl/N-ethyl adjacent to an activating group) is 1. The lowest BCUT2D eigenvalue weighted by Gasteiger charge is -2.17. The van der Waals surface area contributed by atoms with Crippen LogP contribution in [0.25, 0.3) is 0 Å². The van der Waals surface area contributed by atoms with E-state index in [4.69, 9.17) is 0 Å². The first-order chi connectivity index (χ1) is 12.9. The Hall–Kier alpha value is -1.74. The summed E-state index contributed by atoms with van der Waals surface area (Å²) in [5.74, 6) is -0.179. The van der Waals surface area contributed by atoms with Crippen molar-refractivity contribution < 1.29 is 13.2 Å². The monoisotopic (exact) mass is 453 g/mol. The van der Waals surface area contributed by atoms with Gasteiger partial charge in [0.2, 0.25) is 15.9 Å². The minimum absolute atomic E-state index is 0.0596. The van der Waals surface area contributed by atoms with E-state index in [-0.39, 0.29) is 23.8 Å². The number of hydrogen-bond donors (Lipinski definition) is 2. The number of amides is 1. The molecule has 6 nitrogen and oxygen atoms in total. The van der Waals surface area contributed by atoms with Gasteiger partial charge in [-0.25, -0.2) is 13.1 Å². The summed E-state index contributed by atoms with van der Waals surface area (Å²) in [5.41, 5.74) is 1.22. The zero-order valence-electron chi connectivity index (χ0n) is 15.2.